The number of hydrogen-bond donors (Lipinski definition) is 2. The number of carbonyl (C=O) groups is 1. The average Bonchev–Trinajstić information content (AvgIpc) is 2.94. The van der Waals surface area contributed by atoms with Gasteiger partial charge in [-0.05, 0) is 18.6 Å². The first kappa shape index (κ1) is 12.0. The molecule has 2 aromatic heterocycles. The minimum absolute atomic E-state index is 0.507. The second-order valence-electron chi connectivity index (χ2n) is 4.12. The summed E-state index contributed by atoms with van der Waals surface area (Å²) in [6.07, 6.45) is 0.543. The largest absolute Gasteiger partial charge is 0.480 e. The van der Waals surface area contributed by atoms with Crippen molar-refractivity contribution >= 4 is 34.5 Å². The van der Waals surface area contributed by atoms with Crippen molar-refractivity contribution < 1.29 is 9.90 Å². The Hall–Kier alpha value is -2.02. The lowest BCUT2D eigenvalue weighted by Gasteiger charge is -2.06. The highest BCUT2D eigenvalue weighted by Gasteiger charge is 2.21. The van der Waals surface area contributed by atoms with Gasteiger partial charge in [-0.1, -0.05) is 30.8 Å². The first-order valence-corrected chi connectivity index (χ1v) is 6.79. The molecule has 0 spiro atoms. The number of benzene rings is 1. The molecule has 2 N–H and O–H groups in total. The minimum atomic E-state index is -0.826. The Labute approximate surface area is 112 Å². The van der Waals surface area contributed by atoms with Gasteiger partial charge < -0.3 is 5.11 Å². The number of nitrogens with one attached hydrogen (secondary N) is 1. The molecule has 0 bridgehead atoms. The Bertz CT molecular complexity index is 748. The first-order valence-electron chi connectivity index (χ1n) is 5.91. The second kappa shape index (κ2) is 4.58. The maximum Gasteiger partial charge on any atom is 0.317 e. The Morgan fingerprint density at radius 2 is 2.32 bits per heavy atom. The summed E-state index contributed by atoms with van der Waals surface area (Å²) in [5.41, 5.74) is 1.79. The summed E-state index contributed by atoms with van der Waals surface area (Å²) in [5, 5.41) is 16.2. The summed E-state index contributed by atoms with van der Waals surface area (Å²) in [4.78, 5) is 15.5. The Morgan fingerprint density at radius 3 is 3.05 bits per heavy atom. The van der Waals surface area contributed by atoms with Crippen LogP contribution in [0.5, 0.6) is 0 Å². The van der Waals surface area contributed by atoms with Crippen molar-refractivity contribution in [2.24, 2.45) is 0 Å². The van der Waals surface area contributed by atoms with Gasteiger partial charge in [-0.3, -0.25) is 9.20 Å². The van der Waals surface area contributed by atoms with Gasteiger partial charge in [0.1, 0.15) is 5.25 Å². The molecule has 19 heavy (non-hydrogen) atoms. The lowest BCUT2D eigenvalue weighted by atomic mass is 10.3. The van der Waals surface area contributed by atoms with Crippen LogP contribution >= 0.6 is 11.8 Å². The molecular weight excluding hydrogens is 264 g/mol. The molecule has 0 radical (unpaired) electrons. The van der Waals surface area contributed by atoms with Crippen LogP contribution in [0.25, 0.3) is 16.8 Å². The quantitative estimate of drug-likeness (QED) is 0.713. The fourth-order valence-corrected chi connectivity index (χ4v) is 2.87. The molecule has 0 amide bonds. The summed E-state index contributed by atoms with van der Waals surface area (Å²) >= 11 is 1.23. The molecule has 0 fully saturated rings. The van der Waals surface area contributed by atoms with Crippen LogP contribution < -0.4 is 0 Å². The molecule has 0 aliphatic heterocycles. The summed E-state index contributed by atoms with van der Waals surface area (Å²) in [5.74, 6) is -0.197. The number of para-hydroxylation sites is 2. The van der Waals surface area contributed by atoms with Crippen LogP contribution in [-0.2, 0) is 4.79 Å². The standard InChI is InChI=1S/C12H12N4O2S/c1-2-9(10(17)18)19-12-15-14-11-13-7-5-3-4-6-8(7)16(11)12/h3-6,9H,2H2,1H3,(H,13,14)(H,17,18). The number of thioether (sulfide) groups is 1. The maximum atomic E-state index is 11.1. The summed E-state index contributed by atoms with van der Waals surface area (Å²) < 4.78 is 1.85. The van der Waals surface area contributed by atoms with E-state index in [1.807, 2.05) is 35.6 Å². The lowest BCUT2D eigenvalue weighted by molar-refractivity contribution is -0.136. The van der Waals surface area contributed by atoms with E-state index in [2.05, 4.69) is 15.2 Å². The number of hydrogen-bond acceptors (Lipinski definition) is 4. The molecule has 1 atom stereocenters. The number of aliphatic carboxylic acids is 1. The molecule has 6 nitrogen and oxygen atoms in total. The van der Waals surface area contributed by atoms with Crippen LogP contribution in [0.4, 0.5) is 0 Å². The molecule has 2 heterocycles. The van der Waals surface area contributed by atoms with E-state index in [1.165, 1.54) is 11.8 Å². The van der Waals surface area contributed by atoms with Crippen molar-refractivity contribution in [1.29, 1.82) is 0 Å². The van der Waals surface area contributed by atoms with E-state index in [9.17, 15) is 4.79 Å². The van der Waals surface area contributed by atoms with Gasteiger partial charge in [-0.2, -0.15) is 0 Å². The van der Waals surface area contributed by atoms with Crippen molar-refractivity contribution in [3.63, 3.8) is 0 Å². The molecule has 3 rings (SSSR count). The zero-order valence-corrected chi connectivity index (χ0v) is 11.0. The van der Waals surface area contributed by atoms with Gasteiger partial charge in [0.15, 0.2) is 5.16 Å². The van der Waals surface area contributed by atoms with Crippen molar-refractivity contribution in [3.05, 3.63) is 24.3 Å². The number of carboxylic acid groups (broad SMARTS) is 1. The summed E-state index contributed by atoms with van der Waals surface area (Å²) in [6, 6.07) is 7.70. The molecule has 0 saturated heterocycles. The molecule has 1 unspecified atom stereocenters. The van der Waals surface area contributed by atoms with E-state index < -0.39 is 11.2 Å². The summed E-state index contributed by atoms with van der Waals surface area (Å²) in [6.45, 7) is 1.85. The van der Waals surface area contributed by atoms with Crippen molar-refractivity contribution in [3.8, 4) is 0 Å². The van der Waals surface area contributed by atoms with Gasteiger partial charge in [0.2, 0.25) is 5.78 Å². The zero-order valence-electron chi connectivity index (χ0n) is 10.2. The molecular formula is C12H12N4O2S. The maximum absolute atomic E-state index is 11.1. The number of carboxylic acids is 1. The van der Waals surface area contributed by atoms with E-state index >= 15 is 0 Å². The van der Waals surface area contributed by atoms with Gasteiger partial charge in [0.25, 0.3) is 0 Å². The van der Waals surface area contributed by atoms with Crippen molar-refractivity contribution in [1.82, 2.24) is 19.6 Å². The first-order chi connectivity index (χ1) is 9.20. The van der Waals surface area contributed by atoms with Gasteiger partial charge in [-0.15, -0.1) is 5.10 Å². The highest BCUT2D eigenvalue weighted by Crippen LogP contribution is 2.27. The number of H-pyrrole nitrogens is 1. The molecule has 3 aromatic rings. The second-order valence-corrected chi connectivity index (χ2v) is 5.29. The Balaban J connectivity index is 2.11. The number of aromatic amines is 1. The highest BCUT2D eigenvalue weighted by atomic mass is 32.2. The van der Waals surface area contributed by atoms with Gasteiger partial charge in [-0.25, -0.2) is 10.1 Å². The van der Waals surface area contributed by atoms with Gasteiger partial charge in [0.05, 0.1) is 11.0 Å². The number of nitrogens with zero attached hydrogens (tertiary/aromatic N) is 3. The van der Waals surface area contributed by atoms with E-state index in [0.29, 0.717) is 17.4 Å². The summed E-state index contributed by atoms with van der Waals surface area (Å²) in [7, 11) is 0. The smallest absolute Gasteiger partial charge is 0.317 e. The number of aromatic nitrogens is 4. The molecule has 7 heteroatoms. The van der Waals surface area contributed by atoms with E-state index in [4.69, 9.17) is 5.11 Å². The van der Waals surface area contributed by atoms with E-state index in [0.717, 1.165) is 11.0 Å². The van der Waals surface area contributed by atoms with Gasteiger partial charge in [0, 0.05) is 0 Å². The van der Waals surface area contributed by atoms with Crippen LogP contribution in [-0.4, -0.2) is 35.9 Å². The van der Waals surface area contributed by atoms with E-state index in [-0.39, 0.29) is 0 Å². The van der Waals surface area contributed by atoms with Crippen LogP contribution in [0.2, 0.25) is 0 Å². The lowest BCUT2D eigenvalue weighted by Crippen LogP contribution is -2.15. The van der Waals surface area contributed by atoms with Crippen LogP contribution in [0.3, 0.4) is 0 Å². The van der Waals surface area contributed by atoms with Crippen LogP contribution in [0.15, 0.2) is 29.4 Å². The van der Waals surface area contributed by atoms with Crippen LogP contribution in [0.1, 0.15) is 13.3 Å². The van der Waals surface area contributed by atoms with Crippen molar-refractivity contribution in [2.45, 2.75) is 23.8 Å². The topological polar surface area (TPSA) is 83.3 Å². The number of rotatable bonds is 4. The monoisotopic (exact) mass is 276 g/mol. The van der Waals surface area contributed by atoms with Crippen molar-refractivity contribution in [2.75, 3.05) is 0 Å². The third kappa shape index (κ3) is 1.95. The predicted molar refractivity (Wildman–Crippen MR) is 72.4 cm³/mol. The minimum Gasteiger partial charge on any atom is -0.480 e. The average molecular weight is 276 g/mol. The number of imidazole rings is 1. The third-order valence-corrected chi connectivity index (χ3v) is 4.20. The van der Waals surface area contributed by atoms with Gasteiger partial charge >= 0.3 is 5.97 Å². The van der Waals surface area contributed by atoms with E-state index in [1.54, 1.807) is 0 Å². The molecule has 0 saturated carbocycles. The zero-order chi connectivity index (χ0) is 13.4. The normalized spacial score (nSPS) is 13.1. The SMILES string of the molecule is CCC(Sc1n[nH]c2nc3ccccc3n12)C(=O)O. The fourth-order valence-electron chi connectivity index (χ4n) is 1.96. The molecule has 0 aliphatic rings. The molecule has 0 aliphatic carbocycles. The van der Waals surface area contributed by atoms with Crippen LogP contribution in [0, 0.1) is 0 Å². The molecule has 98 valence electrons. The Kier molecular flexibility index (Phi) is 2.90. The highest BCUT2D eigenvalue weighted by molar-refractivity contribution is 8.00. The molecule has 1 aromatic carbocycles. The fraction of sp³-hybridized carbons (Fsp3) is 0.250. The third-order valence-electron chi connectivity index (χ3n) is 2.90. The number of fused-ring (bicyclic) bond motifs is 3. The Morgan fingerprint density at radius 1 is 1.53 bits per heavy atom. The predicted octanol–water partition coefficient (Wildman–Crippen LogP) is 2.17.